The molecule has 0 atom stereocenters. The fraction of sp³-hybridized carbons (Fsp3) is 0.385. The van der Waals surface area contributed by atoms with E-state index >= 15 is 0 Å². The average molecular weight is 287 g/mol. The Morgan fingerprint density at radius 2 is 1.65 bits per heavy atom. The van der Waals surface area contributed by atoms with E-state index < -0.39 is 34.7 Å². The van der Waals surface area contributed by atoms with Gasteiger partial charge in [0, 0.05) is 5.56 Å². The summed E-state index contributed by atoms with van der Waals surface area (Å²) in [4.78, 5) is 27.8. The zero-order valence-electron chi connectivity index (χ0n) is 11.5. The second-order valence-corrected chi connectivity index (χ2v) is 4.95. The number of carbonyl (C=O) groups is 2. The molecule has 0 unspecified atom stereocenters. The van der Waals surface area contributed by atoms with Crippen LogP contribution in [-0.2, 0) is 9.57 Å². The van der Waals surface area contributed by atoms with Crippen LogP contribution in [-0.4, -0.2) is 24.6 Å². The Morgan fingerprint density at radius 3 is 2.05 bits per heavy atom. The molecule has 1 N–H and O–H groups in total. The first kappa shape index (κ1) is 16.0. The minimum Gasteiger partial charge on any atom is -0.465 e. The van der Waals surface area contributed by atoms with Crippen molar-refractivity contribution in [3.8, 4) is 0 Å². The van der Waals surface area contributed by atoms with Crippen molar-refractivity contribution >= 4 is 11.9 Å². The molecule has 0 fully saturated rings. The lowest BCUT2D eigenvalue weighted by molar-refractivity contribution is -0.0589. The molecule has 0 spiro atoms. The Morgan fingerprint density at radius 1 is 1.15 bits per heavy atom. The SMILES string of the molecule is COC(=O)c1c(F)cc(C(=O)NOC(C)(C)C)cc1F. The summed E-state index contributed by atoms with van der Waals surface area (Å²) >= 11 is 0. The molecule has 1 aromatic carbocycles. The van der Waals surface area contributed by atoms with Crippen molar-refractivity contribution in [2.45, 2.75) is 26.4 Å². The molecule has 0 heterocycles. The molecule has 1 amide bonds. The van der Waals surface area contributed by atoms with Gasteiger partial charge in [-0.2, -0.15) is 0 Å². The Labute approximate surface area is 114 Å². The molecule has 20 heavy (non-hydrogen) atoms. The Balaban J connectivity index is 2.99. The number of hydrogen-bond acceptors (Lipinski definition) is 4. The van der Waals surface area contributed by atoms with Gasteiger partial charge in [0.25, 0.3) is 5.91 Å². The van der Waals surface area contributed by atoms with Gasteiger partial charge in [-0.25, -0.2) is 19.1 Å². The fourth-order valence-corrected chi connectivity index (χ4v) is 1.26. The van der Waals surface area contributed by atoms with Crippen molar-refractivity contribution < 1.29 is 27.9 Å². The molecule has 5 nitrogen and oxygen atoms in total. The van der Waals surface area contributed by atoms with E-state index in [0.717, 1.165) is 19.2 Å². The molecule has 0 aliphatic rings. The van der Waals surface area contributed by atoms with Gasteiger partial charge in [0.15, 0.2) is 0 Å². The first-order chi connectivity index (χ1) is 9.15. The maximum atomic E-state index is 13.6. The molecule has 0 saturated carbocycles. The molecule has 0 aliphatic heterocycles. The quantitative estimate of drug-likeness (QED) is 0.684. The van der Waals surface area contributed by atoms with Crippen LogP contribution in [0.3, 0.4) is 0 Å². The Hall–Kier alpha value is -2.02. The van der Waals surface area contributed by atoms with Crippen molar-refractivity contribution in [1.82, 2.24) is 5.48 Å². The largest absolute Gasteiger partial charge is 0.465 e. The van der Waals surface area contributed by atoms with E-state index in [-0.39, 0.29) is 5.56 Å². The molecule has 1 aromatic rings. The molecule has 0 aromatic heterocycles. The highest BCUT2D eigenvalue weighted by Gasteiger charge is 2.22. The number of amides is 1. The zero-order valence-corrected chi connectivity index (χ0v) is 11.5. The van der Waals surface area contributed by atoms with E-state index in [1.165, 1.54) is 0 Å². The van der Waals surface area contributed by atoms with Crippen molar-refractivity contribution in [3.63, 3.8) is 0 Å². The molecule has 0 saturated heterocycles. The van der Waals surface area contributed by atoms with E-state index in [9.17, 15) is 18.4 Å². The highest BCUT2D eigenvalue weighted by molar-refractivity contribution is 5.96. The summed E-state index contributed by atoms with van der Waals surface area (Å²) in [6, 6.07) is 1.47. The predicted molar refractivity (Wildman–Crippen MR) is 66.0 cm³/mol. The molecular formula is C13H15F2NO4. The fourth-order valence-electron chi connectivity index (χ4n) is 1.26. The first-order valence-electron chi connectivity index (χ1n) is 5.71. The first-order valence-corrected chi connectivity index (χ1v) is 5.71. The highest BCUT2D eigenvalue weighted by Crippen LogP contribution is 2.17. The minimum atomic E-state index is -1.18. The maximum absolute atomic E-state index is 13.6. The van der Waals surface area contributed by atoms with Crippen LogP contribution in [0, 0.1) is 11.6 Å². The summed E-state index contributed by atoms with van der Waals surface area (Å²) < 4.78 is 31.5. The highest BCUT2D eigenvalue weighted by atomic mass is 19.1. The summed E-state index contributed by atoms with van der Waals surface area (Å²) in [6.45, 7) is 5.07. The summed E-state index contributed by atoms with van der Waals surface area (Å²) in [5, 5.41) is 0. The number of carbonyl (C=O) groups excluding carboxylic acids is 2. The summed E-state index contributed by atoms with van der Waals surface area (Å²) in [7, 11) is 0.999. The molecule has 7 heteroatoms. The van der Waals surface area contributed by atoms with Gasteiger partial charge in [-0.3, -0.25) is 9.63 Å². The number of rotatable bonds is 3. The van der Waals surface area contributed by atoms with Crippen molar-refractivity contribution in [2.75, 3.05) is 7.11 Å². The van der Waals surface area contributed by atoms with Crippen LogP contribution in [0.4, 0.5) is 8.78 Å². The van der Waals surface area contributed by atoms with Crippen LogP contribution < -0.4 is 5.48 Å². The lowest BCUT2D eigenvalue weighted by Crippen LogP contribution is -2.33. The van der Waals surface area contributed by atoms with Gasteiger partial charge >= 0.3 is 5.97 Å². The van der Waals surface area contributed by atoms with E-state index in [1.54, 1.807) is 20.8 Å². The van der Waals surface area contributed by atoms with E-state index in [4.69, 9.17) is 4.84 Å². The van der Waals surface area contributed by atoms with E-state index in [0.29, 0.717) is 0 Å². The van der Waals surface area contributed by atoms with Crippen LogP contribution in [0.5, 0.6) is 0 Å². The Bertz CT molecular complexity index is 515. The number of esters is 1. The predicted octanol–water partition coefficient (Wildman–Crippen LogP) is 2.21. The van der Waals surface area contributed by atoms with Crippen LogP contribution >= 0.6 is 0 Å². The van der Waals surface area contributed by atoms with E-state index in [1.807, 2.05) is 0 Å². The molecular weight excluding hydrogens is 272 g/mol. The summed E-state index contributed by atoms with van der Waals surface area (Å²) in [5.41, 5.74) is 0.259. The molecule has 110 valence electrons. The lowest BCUT2D eigenvalue weighted by Gasteiger charge is -2.19. The zero-order chi connectivity index (χ0) is 15.5. The lowest BCUT2D eigenvalue weighted by atomic mass is 10.1. The monoisotopic (exact) mass is 287 g/mol. The molecule has 0 bridgehead atoms. The van der Waals surface area contributed by atoms with Crippen LogP contribution in [0.1, 0.15) is 41.5 Å². The number of nitrogens with one attached hydrogen (secondary N) is 1. The van der Waals surface area contributed by atoms with Gasteiger partial charge in [-0.05, 0) is 32.9 Å². The molecule has 0 aliphatic carbocycles. The van der Waals surface area contributed by atoms with Gasteiger partial charge in [0.05, 0.1) is 12.7 Å². The van der Waals surface area contributed by atoms with Gasteiger partial charge in [0.2, 0.25) is 0 Å². The van der Waals surface area contributed by atoms with Crippen LogP contribution in [0.25, 0.3) is 0 Å². The molecule has 0 radical (unpaired) electrons. The van der Waals surface area contributed by atoms with E-state index in [2.05, 4.69) is 10.2 Å². The topological polar surface area (TPSA) is 64.6 Å². The average Bonchev–Trinajstić information content (AvgIpc) is 2.33. The van der Waals surface area contributed by atoms with Crippen molar-refractivity contribution in [2.24, 2.45) is 0 Å². The van der Waals surface area contributed by atoms with Crippen molar-refractivity contribution in [3.05, 3.63) is 34.9 Å². The van der Waals surface area contributed by atoms with Gasteiger partial charge in [-0.1, -0.05) is 0 Å². The van der Waals surface area contributed by atoms with Crippen LogP contribution in [0.15, 0.2) is 12.1 Å². The standard InChI is InChI=1S/C13H15F2NO4/c1-13(2,3)20-16-11(17)7-5-8(14)10(9(15)6-7)12(18)19-4/h5-6H,1-4H3,(H,16,17). The normalized spacial score (nSPS) is 11.1. The summed E-state index contributed by atoms with van der Waals surface area (Å²) in [6.07, 6.45) is 0. The van der Waals surface area contributed by atoms with Gasteiger partial charge in [-0.15, -0.1) is 0 Å². The second-order valence-electron chi connectivity index (χ2n) is 4.95. The van der Waals surface area contributed by atoms with Gasteiger partial charge < -0.3 is 4.74 Å². The maximum Gasteiger partial charge on any atom is 0.343 e. The second kappa shape index (κ2) is 5.96. The third kappa shape index (κ3) is 3.99. The molecule has 1 rings (SSSR count). The number of hydrogen-bond donors (Lipinski definition) is 1. The smallest absolute Gasteiger partial charge is 0.343 e. The Kier molecular flexibility index (Phi) is 4.78. The number of ether oxygens (including phenoxy) is 1. The minimum absolute atomic E-state index is 0.308. The van der Waals surface area contributed by atoms with Crippen molar-refractivity contribution in [1.29, 1.82) is 0 Å². The number of halogens is 2. The third-order valence-corrected chi connectivity index (χ3v) is 2.14. The number of methoxy groups -OCH3 is 1. The summed E-state index contributed by atoms with van der Waals surface area (Å²) in [5.74, 6) is -4.34. The number of hydroxylamine groups is 1. The third-order valence-electron chi connectivity index (χ3n) is 2.14. The van der Waals surface area contributed by atoms with Crippen LogP contribution in [0.2, 0.25) is 0 Å². The number of benzene rings is 1. The van der Waals surface area contributed by atoms with Gasteiger partial charge in [0.1, 0.15) is 17.2 Å².